The van der Waals surface area contributed by atoms with Gasteiger partial charge in [-0.3, -0.25) is 0 Å². The zero-order chi connectivity index (χ0) is 15.4. The third-order valence-electron chi connectivity index (χ3n) is 3.42. The Hall–Kier alpha value is -2.10. The second kappa shape index (κ2) is 6.57. The van der Waals surface area contributed by atoms with Crippen molar-refractivity contribution in [2.75, 3.05) is 12.4 Å². The lowest BCUT2D eigenvalue weighted by Crippen LogP contribution is -2.06. The summed E-state index contributed by atoms with van der Waals surface area (Å²) in [4.78, 5) is 9.06. The van der Waals surface area contributed by atoms with E-state index in [0.29, 0.717) is 5.88 Å². The molecule has 1 heterocycles. The molecule has 0 bridgehead atoms. The summed E-state index contributed by atoms with van der Waals surface area (Å²) in [5, 5.41) is 3.10. The van der Waals surface area contributed by atoms with Gasteiger partial charge in [-0.25, -0.2) is 4.98 Å². The summed E-state index contributed by atoms with van der Waals surface area (Å²) in [6.07, 6.45) is 1.02. The Morgan fingerprint density at radius 2 is 1.81 bits per heavy atom. The molecule has 0 aliphatic heterocycles. The van der Waals surface area contributed by atoms with E-state index in [-0.39, 0.29) is 5.92 Å². The van der Waals surface area contributed by atoms with E-state index in [1.54, 1.807) is 0 Å². The van der Waals surface area contributed by atoms with E-state index >= 15 is 0 Å². The van der Waals surface area contributed by atoms with Gasteiger partial charge in [0, 0.05) is 13.0 Å². The Balaban J connectivity index is 2.35. The van der Waals surface area contributed by atoms with Crippen LogP contribution in [0.2, 0.25) is 0 Å². The minimum atomic E-state index is 0.252. The topological polar surface area (TPSA) is 47.0 Å². The van der Waals surface area contributed by atoms with Crippen LogP contribution in [0.25, 0.3) is 0 Å². The average Bonchev–Trinajstić information content (AvgIpc) is 2.49. The third kappa shape index (κ3) is 3.51. The average molecular weight is 285 g/mol. The van der Waals surface area contributed by atoms with Crippen molar-refractivity contribution in [3.8, 4) is 11.6 Å². The summed E-state index contributed by atoms with van der Waals surface area (Å²) in [7, 11) is 1.86. The number of benzene rings is 1. The fourth-order valence-electron chi connectivity index (χ4n) is 2.02. The predicted molar refractivity (Wildman–Crippen MR) is 86.3 cm³/mol. The van der Waals surface area contributed by atoms with Gasteiger partial charge in [0.1, 0.15) is 17.4 Å². The van der Waals surface area contributed by atoms with E-state index in [9.17, 15) is 0 Å². The number of anilines is 1. The van der Waals surface area contributed by atoms with Gasteiger partial charge < -0.3 is 10.1 Å². The zero-order valence-electron chi connectivity index (χ0n) is 13.4. The number of hydrogen-bond acceptors (Lipinski definition) is 4. The Kier molecular flexibility index (Phi) is 4.78. The SMILES string of the molecule is CCc1ccc(Oc2nc(C(C)C)nc(NC)c2C)cc1. The Labute approximate surface area is 126 Å². The lowest BCUT2D eigenvalue weighted by Gasteiger charge is -2.14. The van der Waals surface area contributed by atoms with Crippen LogP contribution in [0.15, 0.2) is 24.3 Å². The van der Waals surface area contributed by atoms with Crippen LogP contribution < -0.4 is 10.1 Å². The van der Waals surface area contributed by atoms with Gasteiger partial charge in [-0.05, 0) is 31.0 Å². The van der Waals surface area contributed by atoms with E-state index < -0.39 is 0 Å². The smallest absolute Gasteiger partial charge is 0.227 e. The van der Waals surface area contributed by atoms with E-state index in [0.717, 1.165) is 29.4 Å². The maximum Gasteiger partial charge on any atom is 0.227 e. The summed E-state index contributed by atoms with van der Waals surface area (Å²) in [6, 6.07) is 8.12. The summed E-state index contributed by atoms with van der Waals surface area (Å²) >= 11 is 0. The molecule has 2 aromatic rings. The van der Waals surface area contributed by atoms with Crippen molar-refractivity contribution in [3.05, 3.63) is 41.2 Å². The molecule has 1 aromatic carbocycles. The molecule has 0 radical (unpaired) electrons. The first-order valence-corrected chi connectivity index (χ1v) is 7.38. The van der Waals surface area contributed by atoms with Gasteiger partial charge in [0.25, 0.3) is 0 Å². The van der Waals surface area contributed by atoms with Crippen LogP contribution in [0.5, 0.6) is 11.6 Å². The summed E-state index contributed by atoms with van der Waals surface area (Å²) in [6.45, 7) is 8.25. The van der Waals surface area contributed by atoms with Crippen molar-refractivity contribution in [3.63, 3.8) is 0 Å². The van der Waals surface area contributed by atoms with Crippen LogP contribution in [0, 0.1) is 6.92 Å². The van der Waals surface area contributed by atoms with Crippen molar-refractivity contribution in [1.82, 2.24) is 9.97 Å². The maximum atomic E-state index is 5.95. The molecule has 112 valence electrons. The van der Waals surface area contributed by atoms with Gasteiger partial charge in [0.05, 0.1) is 5.56 Å². The number of ether oxygens (including phenoxy) is 1. The van der Waals surface area contributed by atoms with Crippen molar-refractivity contribution in [2.45, 2.75) is 40.0 Å². The molecular formula is C17H23N3O. The van der Waals surface area contributed by atoms with Gasteiger partial charge in [-0.1, -0.05) is 32.9 Å². The number of nitrogens with one attached hydrogen (secondary N) is 1. The summed E-state index contributed by atoms with van der Waals surface area (Å²) in [5.74, 6) is 3.26. The highest BCUT2D eigenvalue weighted by Gasteiger charge is 2.14. The monoisotopic (exact) mass is 285 g/mol. The first-order valence-electron chi connectivity index (χ1n) is 7.38. The Morgan fingerprint density at radius 3 is 2.33 bits per heavy atom. The minimum absolute atomic E-state index is 0.252. The van der Waals surface area contributed by atoms with Gasteiger partial charge >= 0.3 is 0 Å². The molecule has 0 spiro atoms. The Morgan fingerprint density at radius 1 is 1.14 bits per heavy atom. The van der Waals surface area contributed by atoms with Crippen molar-refractivity contribution >= 4 is 5.82 Å². The second-order valence-corrected chi connectivity index (χ2v) is 5.36. The van der Waals surface area contributed by atoms with Crippen LogP contribution in [0.3, 0.4) is 0 Å². The molecule has 0 atom stereocenters. The van der Waals surface area contributed by atoms with E-state index in [4.69, 9.17) is 4.74 Å². The van der Waals surface area contributed by atoms with Gasteiger partial charge in [-0.2, -0.15) is 4.98 Å². The highest BCUT2D eigenvalue weighted by atomic mass is 16.5. The Bertz CT molecular complexity index is 606. The molecule has 0 amide bonds. The molecule has 21 heavy (non-hydrogen) atoms. The van der Waals surface area contributed by atoms with Crippen LogP contribution in [-0.2, 0) is 6.42 Å². The highest BCUT2D eigenvalue weighted by molar-refractivity contribution is 5.49. The summed E-state index contributed by atoms with van der Waals surface area (Å²) in [5.41, 5.74) is 2.21. The molecule has 1 aromatic heterocycles. The molecule has 1 N–H and O–H groups in total. The number of hydrogen-bond donors (Lipinski definition) is 1. The largest absolute Gasteiger partial charge is 0.439 e. The molecule has 4 heteroatoms. The number of rotatable bonds is 5. The lowest BCUT2D eigenvalue weighted by molar-refractivity contribution is 0.453. The number of aryl methyl sites for hydroxylation is 1. The fraction of sp³-hybridized carbons (Fsp3) is 0.412. The molecule has 0 saturated heterocycles. The first-order chi connectivity index (χ1) is 10.0. The molecule has 0 saturated carbocycles. The van der Waals surface area contributed by atoms with E-state index in [1.165, 1.54) is 5.56 Å². The quantitative estimate of drug-likeness (QED) is 0.889. The third-order valence-corrected chi connectivity index (χ3v) is 3.42. The molecule has 4 nitrogen and oxygen atoms in total. The number of nitrogens with zero attached hydrogens (tertiary/aromatic N) is 2. The molecule has 0 unspecified atom stereocenters. The second-order valence-electron chi connectivity index (χ2n) is 5.36. The standard InChI is InChI=1S/C17H23N3O/c1-6-13-7-9-14(10-8-13)21-17-12(4)16(18-5)19-15(20-17)11(2)3/h7-11H,6H2,1-5H3,(H,18,19,20). The van der Waals surface area contributed by atoms with Gasteiger partial charge in [-0.15, -0.1) is 0 Å². The first kappa shape index (κ1) is 15.3. The molecule has 0 aliphatic carbocycles. The van der Waals surface area contributed by atoms with Crippen molar-refractivity contribution in [2.24, 2.45) is 0 Å². The number of aromatic nitrogens is 2. The zero-order valence-corrected chi connectivity index (χ0v) is 13.4. The van der Waals surface area contributed by atoms with Gasteiger partial charge in [0.2, 0.25) is 5.88 Å². The molecular weight excluding hydrogens is 262 g/mol. The minimum Gasteiger partial charge on any atom is -0.439 e. The van der Waals surface area contributed by atoms with Crippen molar-refractivity contribution < 1.29 is 4.74 Å². The maximum absolute atomic E-state index is 5.95. The van der Waals surface area contributed by atoms with E-state index in [1.807, 2.05) is 26.1 Å². The predicted octanol–water partition coefficient (Wildman–Crippen LogP) is 4.30. The summed E-state index contributed by atoms with van der Waals surface area (Å²) < 4.78 is 5.95. The van der Waals surface area contributed by atoms with Crippen molar-refractivity contribution in [1.29, 1.82) is 0 Å². The van der Waals surface area contributed by atoms with Crippen LogP contribution >= 0.6 is 0 Å². The van der Waals surface area contributed by atoms with E-state index in [2.05, 4.69) is 48.2 Å². The van der Waals surface area contributed by atoms with Crippen LogP contribution in [0.1, 0.15) is 43.6 Å². The molecule has 2 rings (SSSR count). The molecule has 0 aliphatic rings. The fourth-order valence-corrected chi connectivity index (χ4v) is 2.02. The van der Waals surface area contributed by atoms with Gasteiger partial charge in [0.15, 0.2) is 0 Å². The lowest BCUT2D eigenvalue weighted by atomic mass is 10.2. The molecule has 0 fully saturated rings. The normalized spacial score (nSPS) is 10.8. The van der Waals surface area contributed by atoms with Crippen LogP contribution in [-0.4, -0.2) is 17.0 Å². The van der Waals surface area contributed by atoms with Crippen LogP contribution in [0.4, 0.5) is 5.82 Å². The highest BCUT2D eigenvalue weighted by Crippen LogP contribution is 2.28.